The molecule has 0 aromatic heterocycles. The Balaban J connectivity index is 1.98. The van der Waals surface area contributed by atoms with Crippen molar-refractivity contribution in [3.8, 4) is 5.75 Å². The second-order valence-electron chi connectivity index (χ2n) is 5.30. The first-order chi connectivity index (χ1) is 10.6. The summed E-state index contributed by atoms with van der Waals surface area (Å²) in [6.07, 6.45) is -0.205. The molecule has 2 aromatic carbocycles. The van der Waals surface area contributed by atoms with Crippen LogP contribution in [-0.2, 0) is 11.3 Å². The molecule has 0 saturated carbocycles. The molecule has 0 spiro atoms. The van der Waals surface area contributed by atoms with Crippen molar-refractivity contribution in [3.05, 3.63) is 65.2 Å². The van der Waals surface area contributed by atoms with Gasteiger partial charge in [0, 0.05) is 12.1 Å². The Bertz CT molecular complexity index is 741. The van der Waals surface area contributed by atoms with E-state index in [-0.39, 0.29) is 18.1 Å². The van der Waals surface area contributed by atoms with Crippen molar-refractivity contribution in [1.29, 1.82) is 0 Å². The second kappa shape index (κ2) is 5.52. The number of benzene rings is 2. The SMILES string of the molecule is O=C(O)C[C@H](c1cccc(O)c1)N1Cc2ccccc2C1=O. The van der Waals surface area contributed by atoms with Crippen molar-refractivity contribution in [2.75, 3.05) is 0 Å². The normalized spacial score (nSPS) is 14.7. The van der Waals surface area contributed by atoms with Crippen LogP contribution in [0.4, 0.5) is 0 Å². The van der Waals surface area contributed by atoms with E-state index >= 15 is 0 Å². The van der Waals surface area contributed by atoms with Crippen LogP contribution in [0.25, 0.3) is 0 Å². The monoisotopic (exact) mass is 297 g/mol. The van der Waals surface area contributed by atoms with Gasteiger partial charge in [0.05, 0.1) is 12.5 Å². The molecule has 3 rings (SSSR count). The second-order valence-corrected chi connectivity index (χ2v) is 5.30. The van der Waals surface area contributed by atoms with E-state index in [1.54, 1.807) is 29.2 Å². The lowest BCUT2D eigenvalue weighted by Gasteiger charge is -2.27. The Kier molecular flexibility index (Phi) is 3.55. The molecule has 0 saturated heterocycles. The fourth-order valence-electron chi connectivity index (χ4n) is 2.83. The molecule has 22 heavy (non-hydrogen) atoms. The van der Waals surface area contributed by atoms with E-state index in [0.29, 0.717) is 17.7 Å². The summed E-state index contributed by atoms with van der Waals surface area (Å²) in [6.45, 7) is 0.378. The fraction of sp³-hybridized carbons (Fsp3) is 0.176. The third-order valence-electron chi connectivity index (χ3n) is 3.85. The third kappa shape index (κ3) is 2.53. The minimum atomic E-state index is -0.989. The Morgan fingerprint density at radius 3 is 2.64 bits per heavy atom. The molecular weight excluding hydrogens is 282 g/mol. The van der Waals surface area contributed by atoms with E-state index in [2.05, 4.69) is 0 Å². The molecule has 0 radical (unpaired) electrons. The molecule has 2 aromatic rings. The summed E-state index contributed by atoms with van der Waals surface area (Å²) in [5, 5.41) is 18.8. The predicted octanol–water partition coefficient (Wildman–Crippen LogP) is 2.56. The molecule has 2 N–H and O–H groups in total. The van der Waals surface area contributed by atoms with Crippen molar-refractivity contribution in [2.24, 2.45) is 0 Å². The van der Waals surface area contributed by atoms with Gasteiger partial charge in [-0.3, -0.25) is 9.59 Å². The van der Waals surface area contributed by atoms with Gasteiger partial charge in [-0.05, 0) is 29.3 Å². The molecule has 0 unspecified atom stereocenters. The topological polar surface area (TPSA) is 77.8 Å². The summed E-state index contributed by atoms with van der Waals surface area (Å²) in [4.78, 5) is 25.3. The number of hydrogen-bond donors (Lipinski definition) is 2. The standard InChI is InChI=1S/C17H15NO4/c19-13-6-3-5-11(8-13)15(9-16(20)21)18-10-12-4-1-2-7-14(12)17(18)22/h1-8,15,19H,9-10H2,(H,20,21)/t15-/m1/s1. The van der Waals surface area contributed by atoms with Crippen LogP contribution in [0.15, 0.2) is 48.5 Å². The zero-order valence-corrected chi connectivity index (χ0v) is 11.8. The van der Waals surface area contributed by atoms with Crippen molar-refractivity contribution in [3.63, 3.8) is 0 Å². The maximum atomic E-state index is 12.5. The molecule has 5 nitrogen and oxygen atoms in total. The number of phenolic OH excluding ortho intramolecular Hbond substituents is 1. The lowest BCUT2D eigenvalue weighted by Crippen LogP contribution is -2.30. The molecular formula is C17H15NO4. The first kappa shape index (κ1) is 14.1. The van der Waals surface area contributed by atoms with E-state index in [0.717, 1.165) is 5.56 Å². The van der Waals surface area contributed by atoms with Crippen molar-refractivity contribution < 1.29 is 19.8 Å². The van der Waals surface area contributed by atoms with Crippen molar-refractivity contribution in [2.45, 2.75) is 19.0 Å². The van der Waals surface area contributed by atoms with E-state index in [4.69, 9.17) is 0 Å². The number of carboxylic acids is 1. The Labute approximate surface area is 127 Å². The van der Waals surface area contributed by atoms with Crippen LogP contribution in [0.5, 0.6) is 5.75 Å². The van der Waals surface area contributed by atoms with E-state index < -0.39 is 12.0 Å². The highest BCUT2D eigenvalue weighted by Crippen LogP contribution is 2.34. The van der Waals surface area contributed by atoms with Crippen LogP contribution in [0.3, 0.4) is 0 Å². The number of fused-ring (bicyclic) bond motifs is 1. The van der Waals surface area contributed by atoms with Gasteiger partial charge in [-0.1, -0.05) is 30.3 Å². The summed E-state index contributed by atoms with van der Waals surface area (Å²) in [7, 11) is 0. The summed E-state index contributed by atoms with van der Waals surface area (Å²) < 4.78 is 0. The summed E-state index contributed by atoms with van der Waals surface area (Å²) in [5.41, 5.74) is 2.12. The van der Waals surface area contributed by atoms with Crippen LogP contribution in [0.1, 0.15) is 33.9 Å². The number of amides is 1. The van der Waals surface area contributed by atoms with Gasteiger partial charge >= 0.3 is 5.97 Å². The molecule has 1 heterocycles. The van der Waals surface area contributed by atoms with Crippen molar-refractivity contribution >= 4 is 11.9 Å². The van der Waals surface area contributed by atoms with Gasteiger partial charge in [0.2, 0.25) is 0 Å². The number of hydrogen-bond acceptors (Lipinski definition) is 3. The molecule has 1 aliphatic heterocycles. The lowest BCUT2D eigenvalue weighted by molar-refractivity contribution is -0.138. The quantitative estimate of drug-likeness (QED) is 0.909. The maximum Gasteiger partial charge on any atom is 0.305 e. The first-order valence-electron chi connectivity index (χ1n) is 6.96. The Hall–Kier alpha value is -2.82. The molecule has 0 bridgehead atoms. The zero-order chi connectivity index (χ0) is 15.7. The minimum Gasteiger partial charge on any atom is -0.508 e. The average Bonchev–Trinajstić information content (AvgIpc) is 2.82. The van der Waals surface area contributed by atoms with Gasteiger partial charge in [0.25, 0.3) is 5.91 Å². The fourth-order valence-corrected chi connectivity index (χ4v) is 2.83. The van der Waals surface area contributed by atoms with Gasteiger partial charge in [-0.15, -0.1) is 0 Å². The first-order valence-corrected chi connectivity index (χ1v) is 6.96. The molecule has 1 atom stereocenters. The number of carboxylic acid groups (broad SMARTS) is 1. The number of carbonyl (C=O) groups is 2. The Morgan fingerprint density at radius 1 is 1.18 bits per heavy atom. The lowest BCUT2D eigenvalue weighted by atomic mass is 10.0. The number of aliphatic carboxylic acids is 1. The van der Waals surface area contributed by atoms with E-state index in [9.17, 15) is 19.8 Å². The molecule has 112 valence electrons. The number of carbonyl (C=O) groups excluding carboxylic acids is 1. The summed E-state index contributed by atoms with van der Waals surface area (Å²) >= 11 is 0. The maximum absolute atomic E-state index is 12.5. The van der Waals surface area contributed by atoms with Gasteiger partial charge < -0.3 is 15.1 Å². The molecule has 0 aliphatic carbocycles. The zero-order valence-electron chi connectivity index (χ0n) is 11.8. The summed E-state index contributed by atoms with van der Waals surface area (Å²) in [5.74, 6) is -1.11. The molecule has 1 aliphatic rings. The van der Waals surface area contributed by atoms with Gasteiger partial charge in [-0.25, -0.2) is 0 Å². The van der Waals surface area contributed by atoms with Gasteiger partial charge in [0.15, 0.2) is 0 Å². The number of nitrogens with zero attached hydrogens (tertiary/aromatic N) is 1. The number of rotatable bonds is 4. The molecule has 0 fully saturated rings. The third-order valence-corrected chi connectivity index (χ3v) is 3.85. The highest BCUT2D eigenvalue weighted by molar-refractivity contribution is 5.98. The largest absolute Gasteiger partial charge is 0.508 e. The van der Waals surface area contributed by atoms with Crippen LogP contribution in [-0.4, -0.2) is 27.0 Å². The Morgan fingerprint density at radius 2 is 1.95 bits per heavy atom. The van der Waals surface area contributed by atoms with E-state index in [1.165, 1.54) is 12.1 Å². The van der Waals surface area contributed by atoms with Crippen LogP contribution in [0, 0.1) is 0 Å². The predicted molar refractivity (Wildman–Crippen MR) is 79.4 cm³/mol. The number of aromatic hydroxyl groups is 1. The minimum absolute atomic E-state index is 0.0528. The summed E-state index contributed by atoms with van der Waals surface area (Å²) in [6, 6.07) is 13.1. The molecule has 1 amide bonds. The van der Waals surface area contributed by atoms with E-state index in [1.807, 2.05) is 12.1 Å². The van der Waals surface area contributed by atoms with Crippen molar-refractivity contribution in [1.82, 2.24) is 4.90 Å². The number of phenols is 1. The highest BCUT2D eigenvalue weighted by Gasteiger charge is 2.34. The van der Waals surface area contributed by atoms with Crippen LogP contribution >= 0.6 is 0 Å². The van der Waals surface area contributed by atoms with Gasteiger partial charge in [-0.2, -0.15) is 0 Å². The van der Waals surface area contributed by atoms with Crippen LogP contribution in [0.2, 0.25) is 0 Å². The van der Waals surface area contributed by atoms with Gasteiger partial charge in [0.1, 0.15) is 5.75 Å². The van der Waals surface area contributed by atoms with Crippen LogP contribution < -0.4 is 0 Å². The smallest absolute Gasteiger partial charge is 0.305 e. The molecule has 5 heteroatoms. The average molecular weight is 297 g/mol. The highest BCUT2D eigenvalue weighted by atomic mass is 16.4.